The van der Waals surface area contributed by atoms with Crippen LogP contribution in [-0.4, -0.2) is 31.1 Å². The van der Waals surface area contributed by atoms with E-state index in [0.29, 0.717) is 5.02 Å². The maximum Gasteiger partial charge on any atom is 0.132 e. The Balaban J connectivity index is 2.30. The zero-order valence-corrected chi connectivity index (χ0v) is 10.7. The second-order valence-corrected chi connectivity index (χ2v) is 4.86. The van der Waals surface area contributed by atoms with E-state index >= 15 is 0 Å². The van der Waals surface area contributed by atoms with E-state index < -0.39 is 5.54 Å². The number of hydrogen-bond acceptors (Lipinski definition) is 3. The molecule has 1 aromatic rings. The highest BCUT2D eigenvalue weighted by molar-refractivity contribution is 6.30. The van der Waals surface area contributed by atoms with Crippen molar-refractivity contribution in [3.8, 4) is 6.07 Å². The zero-order chi connectivity index (χ0) is 12.3. The first kappa shape index (κ1) is 12.4. The van der Waals surface area contributed by atoms with Crippen molar-refractivity contribution in [2.75, 3.05) is 26.2 Å². The third-order valence-electron chi connectivity index (χ3n) is 3.37. The summed E-state index contributed by atoms with van der Waals surface area (Å²) in [7, 11) is 0. The van der Waals surface area contributed by atoms with Gasteiger partial charge in [0, 0.05) is 31.2 Å². The van der Waals surface area contributed by atoms with Crippen molar-refractivity contribution in [3.63, 3.8) is 0 Å². The standard InChI is InChI=1S/C13H16ClN3/c1-13(10-15,17-8-6-16-7-9-17)11-2-4-12(14)5-3-11/h2-5,16H,6-9H2,1H3. The van der Waals surface area contributed by atoms with Crippen molar-refractivity contribution < 1.29 is 0 Å². The Morgan fingerprint density at radius 2 is 1.88 bits per heavy atom. The van der Waals surface area contributed by atoms with Crippen LogP contribution in [0.4, 0.5) is 0 Å². The first-order valence-electron chi connectivity index (χ1n) is 5.80. The molecule has 17 heavy (non-hydrogen) atoms. The summed E-state index contributed by atoms with van der Waals surface area (Å²) in [6, 6.07) is 10.00. The minimum absolute atomic E-state index is 0.563. The van der Waals surface area contributed by atoms with Crippen LogP contribution in [0.2, 0.25) is 5.02 Å². The van der Waals surface area contributed by atoms with E-state index in [9.17, 15) is 5.26 Å². The zero-order valence-electron chi connectivity index (χ0n) is 9.91. The van der Waals surface area contributed by atoms with Crippen molar-refractivity contribution in [1.82, 2.24) is 10.2 Å². The lowest BCUT2D eigenvalue weighted by Crippen LogP contribution is -2.52. The predicted molar refractivity (Wildman–Crippen MR) is 68.9 cm³/mol. The summed E-state index contributed by atoms with van der Waals surface area (Å²) >= 11 is 5.88. The lowest BCUT2D eigenvalue weighted by Gasteiger charge is -2.39. The smallest absolute Gasteiger partial charge is 0.132 e. The van der Waals surface area contributed by atoms with Crippen LogP contribution >= 0.6 is 11.6 Å². The molecule has 1 aliphatic rings. The minimum Gasteiger partial charge on any atom is -0.314 e. The summed E-state index contributed by atoms with van der Waals surface area (Å²) in [5, 5.41) is 13.5. The molecule has 1 aliphatic heterocycles. The molecule has 0 amide bonds. The first-order valence-corrected chi connectivity index (χ1v) is 6.18. The van der Waals surface area contributed by atoms with Gasteiger partial charge in [-0.15, -0.1) is 0 Å². The molecule has 1 saturated heterocycles. The third-order valence-corrected chi connectivity index (χ3v) is 3.63. The molecule has 2 rings (SSSR count). The fraction of sp³-hybridized carbons (Fsp3) is 0.462. The van der Waals surface area contributed by atoms with Gasteiger partial charge in [0.1, 0.15) is 5.54 Å². The topological polar surface area (TPSA) is 39.1 Å². The average molecular weight is 250 g/mol. The van der Waals surface area contributed by atoms with Crippen molar-refractivity contribution in [2.24, 2.45) is 0 Å². The Hall–Kier alpha value is -1.08. The Labute approximate surface area is 107 Å². The first-order chi connectivity index (χ1) is 8.16. The lowest BCUT2D eigenvalue weighted by atomic mass is 9.91. The van der Waals surface area contributed by atoms with Crippen molar-refractivity contribution in [1.29, 1.82) is 5.26 Å². The maximum atomic E-state index is 9.52. The normalized spacial score (nSPS) is 20.5. The van der Waals surface area contributed by atoms with Gasteiger partial charge in [0.2, 0.25) is 0 Å². The van der Waals surface area contributed by atoms with E-state index in [1.54, 1.807) is 0 Å². The summed E-state index contributed by atoms with van der Waals surface area (Å²) in [6.07, 6.45) is 0. The second kappa shape index (κ2) is 5.05. The maximum absolute atomic E-state index is 9.52. The number of benzene rings is 1. The van der Waals surface area contributed by atoms with Crippen LogP contribution in [0.1, 0.15) is 12.5 Å². The van der Waals surface area contributed by atoms with Gasteiger partial charge in [-0.25, -0.2) is 0 Å². The molecule has 1 atom stereocenters. The number of hydrogen-bond donors (Lipinski definition) is 1. The van der Waals surface area contributed by atoms with E-state index in [0.717, 1.165) is 31.7 Å². The molecule has 4 heteroatoms. The number of nitriles is 1. The van der Waals surface area contributed by atoms with Gasteiger partial charge in [0.15, 0.2) is 0 Å². The van der Waals surface area contributed by atoms with Crippen LogP contribution in [-0.2, 0) is 5.54 Å². The summed E-state index contributed by atoms with van der Waals surface area (Å²) in [6.45, 7) is 5.64. The number of nitrogens with one attached hydrogen (secondary N) is 1. The summed E-state index contributed by atoms with van der Waals surface area (Å²) < 4.78 is 0. The number of piperazine rings is 1. The van der Waals surface area contributed by atoms with Gasteiger partial charge >= 0.3 is 0 Å². The SMILES string of the molecule is CC(C#N)(c1ccc(Cl)cc1)N1CCNCC1. The molecule has 0 aromatic heterocycles. The highest BCUT2D eigenvalue weighted by Gasteiger charge is 2.34. The lowest BCUT2D eigenvalue weighted by molar-refractivity contribution is 0.132. The monoisotopic (exact) mass is 249 g/mol. The molecular formula is C13H16ClN3. The van der Waals surface area contributed by atoms with Crippen molar-refractivity contribution in [3.05, 3.63) is 34.9 Å². The highest BCUT2D eigenvalue weighted by Crippen LogP contribution is 2.28. The van der Waals surface area contributed by atoms with Gasteiger partial charge in [-0.05, 0) is 24.6 Å². The van der Waals surface area contributed by atoms with Gasteiger partial charge in [0.05, 0.1) is 6.07 Å². The predicted octanol–water partition coefficient (Wildman–Crippen LogP) is 1.98. The summed E-state index contributed by atoms with van der Waals surface area (Å²) in [5.41, 5.74) is 0.443. The van der Waals surface area contributed by atoms with Gasteiger partial charge < -0.3 is 5.32 Å². The molecule has 1 N–H and O–H groups in total. The third kappa shape index (κ3) is 2.44. The number of nitrogens with zero attached hydrogens (tertiary/aromatic N) is 2. The van der Waals surface area contributed by atoms with Crippen LogP contribution in [0.15, 0.2) is 24.3 Å². The molecule has 1 unspecified atom stereocenters. The van der Waals surface area contributed by atoms with E-state index in [4.69, 9.17) is 11.6 Å². The Morgan fingerprint density at radius 3 is 2.41 bits per heavy atom. The molecule has 1 fully saturated rings. The Morgan fingerprint density at radius 1 is 1.29 bits per heavy atom. The van der Waals surface area contributed by atoms with Crippen molar-refractivity contribution in [2.45, 2.75) is 12.5 Å². The molecule has 1 heterocycles. The highest BCUT2D eigenvalue weighted by atomic mass is 35.5. The Bertz CT molecular complexity index is 417. The van der Waals surface area contributed by atoms with Gasteiger partial charge in [-0.3, -0.25) is 4.90 Å². The van der Waals surface area contributed by atoms with Gasteiger partial charge in [-0.2, -0.15) is 5.26 Å². The molecule has 90 valence electrons. The van der Waals surface area contributed by atoms with E-state index in [1.807, 2.05) is 31.2 Å². The minimum atomic E-state index is -0.563. The fourth-order valence-corrected chi connectivity index (χ4v) is 2.33. The average Bonchev–Trinajstić information content (AvgIpc) is 2.40. The number of rotatable bonds is 2. The molecule has 1 aromatic carbocycles. The van der Waals surface area contributed by atoms with Gasteiger partial charge in [-0.1, -0.05) is 23.7 Å². The summed E-state index contributed by atoms with van der Waals surface area (Å²) in [5.74, 6) is 0. The van der Waals surface area contributed by atoms with Crippen LogP contribution < -0.4 is 5.32 Å². The van der Waals surface area contributed by atoms with E-state index in [1.165, 1.54) is 0 Å². The quantitative estimate of drug-likeness (QED) is 0.871. The van der Waals surface area contributed by atoms with Crippen LogP contribution in [0.5, 0.6) is 0 Å². The molecule has 0 spiro atoms. The molecule has 0 bridgehead atoms. The van der Waals surface area contributed by atoms with Crippen LogP contribution in [0.3, 0.4) is 0 Å². The molecule has 0 saturated carbocycles. The van der Waals surface area contributed by atoms with Crippen molar-refractivity contribution >= 4 is 11.6 Å². The Kier molecular flexibility index (Phi) is 3.68. The number of halogens is 1. The van der Waals surface area contributed by atoms with E-state index in [-0.39, 0.29) is 0 Å². The molecule has 3 nitrogen and oxygen atoms in total. The molecule has 0 radical (unpaired) electrons. The largest absolute Gasteiger partial charge is 0.314 e. The fourth-order valence-electron chi connectivity index (χ4n) is 2.20. The molecule has 0 aliphatic carbocycles. The second-order valence-electron chi connectivity index (χ2n) is 4.43. The molecular weight excluding hydrogens is 234 g/mol. The van der Waals surface area contributed by atoms with Crippen LogP contribution in [0.25, 0.3) is 0 Å². The van der Waals surface area contributed by atoms with Gasteiger partial charge in [0.25, 0.3) is 0 Å². The van der Waals surface area contributed by atoms with E-state index in [2.05, 4.69) is 16.3 Å². The summed E-state index contributed by atoms with van der Waals surface area (Å²) in [4.78, 5) is 2.22. The van der Waals surface area contributed by atoms with Crippen LogP contribution in [0, 0.1) is 11.3 Å².